The van der Waals surface area contributed by atoms with Gasteiger partial charge >= 0.3 is 0 Å². The van der Waals surface area contributed by atoms with Gasteiger partial charge in [0.2, 0.25) is 0 Å². The Balaban J connectivity index is 1.67. The van der Waals surface area contributed by atoms with Gasteiger partial charge in [-0.2, -0.15) is 0 Å². The minimum atomic E-state index is 0.647. The van der Waals surface area contributed by atoms with Crippen LogP contribution in [0.2, 0.25) is 0 Å². The molecular weight excluding hydrogens is 300 g/mol. The predicted octanol–water partition coefficient (Wildman–Crippen LogP) is 3.03. The van der Waals surface area contributed by atoms with Crippen LogP contribution in [0.5, 0.6) is 0 Å². The first kappa shape index (κ1) is 18.8. The smallest absolute Gasteiger partial charge is 0.191 e. The summed E-state index contributed by atoms with van der Waals surface area (Å²) < 4.78 is 5.37. The minimum absolute atomic E-state index is 0.647. The highest BCUT2D eigenvalue weighted by atomic mass is 16.3. The van der Waals surface area contributed by atoms with Crippen molar-refractivity contribution in [2.45, 2.75) is 58.4 Å². The van der Waals surface area contributed by atoms with E-state index in [1.54, 1.807) is 6.26 Å². The Morgan fingerprint density at radius 3 is 2.75 bits per heavy atom. The van der Waals surface area contributed by atoms with Crippen LogP contribution in [0.15, 0.2) is 27.8 Å². The topological polar surface area (TPSA) is 52.8 Å². The number of likely N-dealkylation sites (tertiary alicyclic amines) is 1. The van der Waals surface area contributed by atoms with Gasteiger partial charge < -0.3 is 20.0 Å². The van der Waals surface area contributed by atoms with Crippen LogP contribution in [0.3, 0.4) is 0 Å². The molecule has 1 aromatic rings. The number of hydrogen-bond acceptors (Lipinski definition) is 3. The minimum Gasteiger partial charge on any atom is -0.469 e. The molecule has 0 aliphatic carbocycles. The van der Waals surface area contributed by atoms with Crippen LogP contribution >= 0.6 is 0 Å². The second-order valence-corrected chi connectivity index (χ2v) is 6.65. The van der Waals surface area contributed by atoms with Gasteiger partial charge in [-0.05, 0) is 57.8 Å². The van der Waals surface area contributed by atoms with Crippen LogP contribution in [-0.2, 0) is 6.42 Å². The third-order valence-corrected chi connectivity index (χ3v) is 4.61. The van der Waals surface area contributed by atoms with Crippen LogP contribution in [0.4, 0.5) is 0 Å². The van der Waals surface area contributed by atoms with Crippen LogP contribution < -0.4 is 10.6 Å². The molecule has 2 heterocycles. The summed E-state index contributed by atoms with van der Waals surface area (Å²) in [7, 11) is 0. The van der Waals surface area contributed by atoms with Crippen LogP contribution in [0.25, 0.3) is 0 Å². The third kappa shape index (κ3) is 6.95. The molecule has 5 heteroatoms. The third-order valence-electron chi connectivity index (χ3n) is 4.61. The fourth-order valence-corrected chi connectivity index (χ4v) is 3.10. The molecule has 1 aromatic heterocycles. The van der Waals surface area contributed by atoms with Crippen molar-refractivity contribution in [3.05, 3.63) is 24.2 Å². The van der Waals surface area contributed by atoms with E-state index in [9.17, 15) is 0 Å². The van der Waals surface area contributed by atoms with E-state index in [1.807, 2.05) is 12.1 Å². The van der Waals surface area contributed by atoms with Crippen LogP contribution in [0.1, 0.15) is 51.7 Å². The first-order valence-electron chi connectivity index (χ1n) is 9.58. The normalized spacial score (nSPS) is 17.7. The molecule has 0 amide bonds. The van der Waals surface area contributed by atoms with Gasteiger partial charge in [0.15, 0.2) is 5.96 Å². The number of nitrogens with zero attached hydrogens (tertiary/aromatic N) is 2. The van der Waals surface area contributed by atoms with Crippen LogP contribution in [0, 0.1) is 0 Å². The zero-order valence-electron chi connectivity index (χ0n) is 15.4. The zero-order chi connectivity index (χ0) is 17.0. The van der Waals surface area contributed by atoms with E-state index in [0.717, 1.165) is 50.6 Å². The summed E-state index contributed by atoms with van der Waals surface area (Å²) in [5.74, 6) is 1.94. The maximum atomic E-state index is 5.37. The molecule has 0 saturated carbocycles. The van der Waals surface area contributed by atoms with Crippen molar-refractivity contribution >= 4 is 5.96 Å². The molecule has 24 heavy (non-hydrogen) atoms. The molecule has 0 bridgehead atoms. The molecule has 1 aliphatic heterocycles. The first-order valence-corrected chi connectivity index (χ1v) is 9.58. The zero-order valence-corrected chi connectivity index (χ0v) is 15.4. The van der Waals surface area contributed by atoms with Gasteiger partial charge in [0, 0.05) is 32.1 Å². The van der Waals surface area contributed by atoms with Gasteiger partial charge in [-0.1, -0.05) is 13.3 Å². The molecule has 0 spiro atoms. The second kappa shape index (κ2) is 11.1. The first-order chi connectivity index (χ1) is 11.8. The molecule has 0 aromatic carbocycles. The van der Waals surface area contributed by atoms with Gasteiger partial charge in [0.05, 0.1) is 6.26 Å². The molecule has 1 saturated heterocycles. The van der Waals surface area contributed by atoms with Crippen molar-refractivity contribution in [2.75, 3.05) is 32.7 Å². The Morgan fingerprint density at radius 2 is 2.04 bits per heavy atom. The van der Waals surface area contributed by atoms with E-state index in [4.69, 9.17) is 4.42 Å². The number of furan rings is 1. The largest absolute Gasteiger partial charge is 0.469 e. The van der Waals surface area contributed by atoms with Gasteiger partial charge in [0.1, 0.15) is 5.76 Å². The van der Waals surface area contributed by atoms with E-state index < -0.39 is 0 Å². The summed E-state index contributed by atoms with van der Waals surface area (Å²) in [6, 6.07) is 4.59. The van der Waals surface area contributed by atoms with E-state index in [-0.39, 0.29) is 0 Å². The Bertz CT molecular complexity index is 452. The van der Waals surface area contributed by atoms with Crippen molar-refractivity contribution < 1.29 is 4.42 Å². The molecule has 2 rings (SSSR count). The number of piperidine rings is 1. The number of hydrogen-bond donors (Lipinski definition) is 2. The van der Waals surface area contributed by atoms with Crippen molar-refractivity contribution in [1.29, 1.82) is 0 Å². The quantitative estimate of drug-likeness (QED) is 0.538. The lowest BCUT2D eigenvalue weighted by molar-refractivity contribution is 0.167. The summed E-state index contributed by atoms with van der Waals surface area (Å²) in [6.07, 6.45) is 8.94. The van der Waals surface area contributed by atoms with Gasteiger partial charge in [0.25, 0.3) is 0 Å². The highest BCUT2D eigenvalue weighted by Crippen LogP contribution is 2.13. The Labute approximate surface area is 146 Å². The fourth-order valence-electron chi connectivity index (χ4n) is 3.10. The maximum absolute atomic E-state index is 5.37. The summed E-state index contributed by atoms with van der Waals surface area (Å²) >= 11 is 0. The summed E-state index contributed by atoms with van der Waals surface area (Å²) in [4.78, 5) is 7.24. The van der Waals surface area contributed by atoms with E-state index in [1.165, 1.54) is 32.4 Å². The molecular formula is C19H34N4O. The number of guanidine groups is 1. The Hall–Kier alpha value is -1.49. The van der Waals surface area contributed by atoms with Crippen molar-refractivity contribution in [3.63, 3.8) is 0 Å². The van der Waals surface area contributed by atoms with Crippen molar-refractivity contribution in [2.24, 2.45) is 4.99 Å². The molecule has 2 N–H and O–H groups in total. The summed E-state index contributed by atoms with van der Waals surface area (Å²) in [5, 5.41) is 6.90. The van der Waals surface area contributed by atoms with E-state index >= 15 is 0 Å². The predicted molar refractivity (Wildman–Crippen MR) is 101 cm³/mol. The molecule has 1 aliphatic rings. The van der Waals surface area contributed by atoms with Gasteiger partial charge in [-0.3, -0.25) is 4.99 Å². The SMILES string of the molecule is CCCN=C(NCCc1ccco1)NCCC(C)N1CCCCC1. The lowest BCUT2D eigenvalue weighted by atomic mass is 10.1. The van der Waals surface area contributed by atoms with E-state index in [2.05, 4.69) is 34.4 Å². The summed E-state index contributed by atoms with van der Waals surface area (Å²) in [5.41, 5.74) is 0. The number of rotatable bonds is 9. The Morgan fingerprint density at radius 1 is 1.25 bits per heavy atom. The molecule has 5 nitrogen and oxygen atoms in total. The highest BCUT2D eigenvalue weighted by molar-refractivity contribution is 5.79. The van der Waals surface area contributed by atoms with Gasteiger partial charge in [-0.25, -0.2) is 0 Å². The Kier molecular flexibility index (Phi) is 8.74. The molecule has 0 radical (unpaired) electrons. The molecule has 1 fully saturated rings. The monoisotopic (exact) mass is 334 g/mol. The van der Waals surface area contributed by atoms with Crippen molar-refractivity contribution in [1.82, 2.24) is 15.5 Å². The fraction of sp³-hybridized carbons (Fsp3) is 0.737. The molecule has 136 valence electrons. The van der Waals surface area contributed by atoms with E-state index in [0.29, 0.717) is 6.04 Å². The lowest BCUT2D eigenvalue weighted by Crippen LogP contribution is -2.42. The number of aliphatic imine (C=N–C) groups is 1. The maximum Gasteiger partial charge on any atom is 0.191 e. The molecule has 1 unspecified atom stereocenters. The van der Waals surface area contributed by atoms with Crippen LogP contribution in [-0.4, -0.2) is 49.6 Å². The van der Waals surface area contributed by atoms with Gasteiger partial charge in [-0.15, -0.1) is 0 Å². The van der Waals surface area contributed by atoms with Crippen molar-refractivity contribution in [3.8, 4) is 0 Å². The standard InChI is InChI=1S/C19H34N4O/c1-3-11-20-19(22-13-10-18-8-7-16-24-18)21-12-9-17(2)23-14-5-4-6-15-23/h7-8,16-17H,3-6,9-15H2,1-2H3,(H2,20,21,22). The summed E-state index contributed by atoms with van der Waals surface area (Å²) in [6.45, 7) is 9.69. The average Bonchev–Trinajstić information content (AvgIpc) is 3.13. The highest BCUT2D eigenvalue weighted by Gasteiger charge is 2.16. The lowest BCUT2D eigenvalue weighted by Gasteiger charge is -2.32. The molecule has 1 atom stereocenters. The number of nitrogens with one attached hydrogen (secondary N) is 2. The average molecular weight is 335 g/mol. The second-order valence-electron chi connectivity index (χ2n) is 6.65.